The van der Waals surface area contributed by atoms with Crippen LogP contribution in [0.25, 0.3) is 0 Å². The normalized spacial score (nSPS) is 31.6. The molecule has 1 aliphatic heterocycles. The average molecular weight is 214 g/mol. The molecule has 0 spiro atoms. The molecule has 0 aromatic rings. The summed E-state index contributed by atoms with van der Waals surface area (Å²) >= 11 is 0. The number of nitrogens with zero attached hydrogens (tertiary/aromatic N) is 2. The molecule has 1 N–H and O–H groups in total. The van der Waals surface area contributed by atoms with E-state index in [0.29, 0.717) is 6.04 Å². The van der Waals surface area contributed by atoms with Gasteiger partial charge in [0.2, 0.25) is 0 Å². The lowest BCUT2D eigenvalue weighted by atomic mass is 10.0. The monoisotopic (exact) mass is 214 g/mol. The molecule has 90 valence electrons. The quantitative estimate of drug-likeness (QED) is 0.710. The number of likely N-dealkylation sites (N-methyl/N-ethyl adjacent to an activating group) is 1. The summed E-state index contributed by atoms with van der Waals surface area (Å²) in [6.45, 7) is 11.3. The van der Waals surface area contributed by atoms with Crippen molar-refractivity contribution in [1.29, 1.82) is 0 Å². The van der Waals surface area contributed by atoms with Crippen molar-refractivity contribution in [2.75, 3.05) is 26.7 Å². The van der Waals surface area contributed by atoms with Crippen LogP contribution >= 0.6 is 0 Å². The molecule has 1 rings (SSSR count). The highest BCUT2D eigenvalue weighted by Crippen LogP contribution is 2.21. The van der Waals surface area contributed by atoms with Gasteiger partial charge in [-0.2, -0.15) is 0 Å². The van der Waals surface area contributed by atoms with Crippen LogP contribution in [0.4, 0.5) is 0 Å². The summed E-state index contributed by atoms with van der Waals surface area (Å²) < 4.78 is 0. The fourth-order valence-electron chi connectivity index (χ4n) is 2.18. The Morgan fingerprint density at radius 1 is 1.33 bits per heavy atom. The van der Waals surface area contributed by atoms with E-state index in [-0.39, 0.29) is 18.2 Å². The number of rotatable bonds is 1. The van der Waals surface area contributed by atoms with Gasteiger partial charge in [-0.25, -0.2) is 0 Å². The lowest BCUT2D eigenvalue weighted by molar-refractivity contribution is 0.0807. The molecule has 0 bridgehead atoms. The molecule has 3 heteroatoms. The molecular weight excluding hydrogens is 188 g/mol. The lowest BCUT2D eigenvalue weighted by Gasteiger charge is -2.37. The minimum atomic E-state index is 0.207. The summed E-state index contributed by atoms with van der Waals surface area (Å²) in [5.41, 5.74) is 0.207. The molecule has 1 aliphatic rings. The van der Waals surface area contributed by atoms with E-state index in [0.717, 1.165) is 13.1 Å². The average Bonchev–Trinajstić information content (AvgIpc) is 2.27. The van der Waals surface area contributed by atoms with Gasteiger partial charge in [-0.1, -0.05) is 0 Å². The van der Waals surface area contributed by atoms with Crippen LogP contribution in [0.1, 0.15) is 34.1 Å². The molecule has 15 heavy (non-hydrogen) atoms. The molecule has 0 amide bonds. The summed E-state index contributed by atoms with van der Waals surface area (Å²) in [6.07, 6.45) is 1.18. The van der Waals surface area contributed by atoms with Crippen molar-refractivity contribution in [1.82, 2.24) is 9.80 Å². The molecule has 1 fully saturated rings. The SMILES string of the molecule is CC1CCN(C(C)(C)C)CC(CO)N1C. The Kier molecular flexibility index (Phi) is 4.15. The van der Waals surface area contributed by atoms with Gasteiger partial charge >= 0.3 is 0 Å². The maximum atomic E-state index is 9.42. The van der Waals surface area contributed by atoms with Crippen LogP contribution in [-0.2, 0) is 0 Å². The third kappa shape index (κ3) is 3.16. The molecule has 0 saturated carbocycles. The highest BCUT2D eigenvalue weighted by atomic mass is 16.3. The van der Waals surface area contributed by atoms with E-state index < -0.39 is 0 Å². The maximum Gasteiger partial charge on any atom is 0.0599 e. The van der Waals surface area contributed by atoms with E-state index in [2.05, 4.69) is 44.5 Å². The molecule has 1 heterocycles. The van der Waals surface area contributed by atoms with Gasteiger partial charge in [-0.15, -0.1) is 0 Å². The van der Waals surface area contributed by atoms with Gasteiger partial charge in [0.15, 0.2) is 0 Å². The van der Waals surface area contributed by atoms with Crippen molar-refractivity contribution in [2.45, 2.75) is 51.7 Å². The van der Waals surface area contributed by atoms with Crippen molar-refractivity contribution in [2.24, 2.45) is 0 Å². The zero-order valence-corrected chi connectivity index (χ0v) is 10.8. The summed E-state index contributed by atoms with van der Waals surface area (Å²) in [6, 6.07) is 0.844. The van der Waals surface area contributed by atoms with Crippen LogP contribution in [0, 0.1) is 0 Å². The smallest absolute Gasteiger partial charge is 0.0599 e. The maximum absolute atomic E-state index is 9.42. The van der Waals surface area contributed by atoms with Gasteiger partial charge in [-0.05, 0) is 41.2 Å². The highest BCUT2D eigenvalue weighted by Gasteiger charge is 2.31. The van der Waals surface area contributed by atoms with Gasteiger partial charge in [0.05, 0.1) is 6.61 Å². The second-order valence-electron chi connectivity index (χ2n) is 5.76. The number of hydrogen-bond acceptors (Lipinski definition) is 3. The van der Waals surface area contributed by atoms with Crippen LogP contribution in [-0.4, -0.2) is 59.3 Å². The first kappa shape index (κ1) is 12.9. The zero-order valence-electron chi connectivity index (χ0n) is 10.8. The predicted molar refractivity (Wildman–Crippen MR) is 64.0 cm³/mol. The first-order chi connectivity index (χ1) is 6.86. The Balaban J connectivity index is 2.73. The second-order valence-corrected chi connectivity index (χ2v) is 5.76. The second kappa shape index (κ2) is 4.81. The van der Waals surface area contributed by atoms with Gasteiger partial charge in [0, 0.05) is 30.7 Å². The first-order valence-corrected chi connectivity index (χ1v) is 5.94. The molecule has 0 radical (unpaired) electrons. The van der Waals surface area contributed by atoms with Crippen LogP contribution in [0.15, 0.2) is 0 Å². The lowest BCUT2D eigenvalue weighted by Crippen LogP contribution is -2.48. The predicted octanol–water partition coefficient (Wildman–Crippen LogP) is 1.17. The Hall–Kier alpha value is -0.120. The molecular formula is C12H26N2O. The van der Waals surface area contributed by atoms with E-state index in [4.69, 9.17) is 0 Å². The molecule has 3 nitrogen and oxygen atoms in total. The number of aliphatic hydroxyl groups excluding tert-OH is 1. The van der Waals surface area contributed by atoms with Crippen molar-refractivity contribution in [3.8, 4) is 0 Å². The van der Waals surface area contributed by atoms with Crippen LogP contribution < -0.4 is 0 Å². The Labute approximate surface area is 94.1 Å². The fourth-order valence-corrected chi connectivity index (χ4v) is 2.18. The van der Waals surface area contributed by atoms with E-state index >= 15 is 0 Å². The molecule has 1 saturated heterocycles. The van der Waals surface area contributed by atoms with E-state index in [9.17, 15) is 5.11 Å². The first-order valence-electron chi connectivity index (χ1n) is 5.94. The standard InChI is InChI=1S/C12H26N2O/c1-10-6-7-14(12(2,3)4)8-11(9-15)13(10)5/h10-11,15H,6-9H2,1-5H3. The van der Waals surface area contributed by atoms with E-state index in [1.165, 1.54) is 6.42 Å². The third-order valence-corrected chi connectivity index (χ3v) is 3.68. The summed E-state index contributed by atoms with van der Waals surface area (Å²) in [4.78, 5) is 4.79. The number of hydrogen-bond donors (Lipinski definition) is 1. The van der Waals surface area contributed by atoms with Gasteiger partial charge in [-0.3, -0.25) is 9.80 Å². The molecule has 0 aromatic heterocycles. The van der Waals surface area contributed by atoms with E-state index in [1.807, 2.05) is 0 Å². The van der Waals surface area contributed by atoms with Crippen molar-refractivity contribution in [3.05, 3.63) is 0 Å². The Bertz CT molecular complexity index is 200. The van der Waals surface area contributed by atoms with Crippen LogP contribution in [0.3, 0.4) is 0 Å². The van der Waals surface area contributed by atoms with Crippen LogP contribution in [0.5, 0.6) is 0 Å². The largest absolute Gasteiger partial charge is 0.395 e. The minimum Gasteiger partial charge on any atom is -0.395 e. The third-order valence-electron chi connectivity index (χ3n) is 3.68. The number of aliphatic hydroxyl groups is 1. The topological polar surface area (TPSA) is 26.7 Å². The van der Waals surface area contributed by atoms with Crippen molar-refractivity contribution < 1.29 is 5.11 Å². The van der Waals surface area contributed by atoms with E-state index in [1.54, 1.807) is 0 Å². The summed E-state index contributed by atoms with van der Waals surface area (Å²) in [5, 5.41) is 9.42. The minimum absolute atomic E-state index is 0.207. The molecule has 0 aromatic carbocycles. The Morgan fingerprint density at radius 3 is 2.40 bits per heavy atom. The van der Waals surface area contributed by atoms with Gasteiger partial charge in [0.25, 0.3) is 0 Å². The summed E-state index contributed by atoms with van der Waals surface area (Å²) in [5.74, 6) is 0. The molecule has 2 unspecified atom stereocenters. The molecule has 2 atom stereocenters. The zero-order chi connectivity index (χ0) is 11.6. The Morgan fingerprint density at radius 2 is 1.93 bits per heavy atom. The highest BCUT2D eigenvalue weighted by molar-refractivity contribution is 4.87. The van der Waals surface area contributed by atoms with Gasteiger partial charge < -0.3 is 5.11 Å². The van der Waals surface area contributed by atoms with Crippen molar-refractivity contribution >= 4 is 0 Å². The molecule has 0 aliphatic carbocycles. The van der Waals surface area contributed by atoms with Crippen LogP contribution in [0.2, 0.25) is 0 Å². The summed E-state index contributed by atoms with van der Waals surface area (Å²) in [7, 11) is 2.12. The van der Waals surface area contributed by atoms with Gasteiger partial charge in [0.1, 0.15) is 0 Å². The van der Waals surface area contributed by atoms with Crippen molar-refractivity contribution in [3.63, 3.8) is 0 Å². The fraction of sp³-hybridized carbons (Fsp3) is 1.00.